The highest BCUT2D eigenvalue weighted by molar-refractivity contribution is 6.33. The summed E-state index contributed by atoms with van der Waals surface area (Å²) < 4.78 is 8.00. The van der Waals surface area contributed by atoms with Gasteiger partial charge in [0.1, 0.15) is 10.8 Å². The molecule has 2 fully saturated rings. The lowest BCUT2D eigenvalue weighted by atomic mass is 9.89. The van der Waals surface area contributed by atoms with Gasteiger partial charge in [-0.3, -0.25) is 4.68 Å². The Balaban J connectivity index is 1.42. The van der Waals surface area contributed by atoms with Crippen molar-refractivity contribution in [3.05, 3.63) is 45.8 Å². The minimum absolute atomic E-state index is 0.254. The smallest absolute Gasteiger partial charge is 0.229 e. The van der Waals surface area contributed by atoms with Crippen LogP contribution in [0.5, 0.6) is 5.75 Å². The fourth-order valence-corrected chi connectivity index (χ4v) is 4.70. The average molecular weight is 502 g/mol. The molecule has 0 atom stereocenters. The minimum Gasteiger partial charge on any atom is -0.488 e. The van der Waals surface area contributed by atoms with Crippen LogP contribution in [0.3, 0.4) is 0 Å². The Morgan fingerprint density at radius 3 is 2.44 bits per heavy atom. The Morgan fingerprint density at radius 1 is 1.00 bits per heavy atom. The summed E-state index contributed by atoms with van der Waals surface area (Å²) in [6.45, 7) is 4.07. The third-order valence-electron chi connectivity index (χ3n) is 6.33. The first kappa shape index (κ1) is 23.2. The molecule has 180 valence electrons. The summed E-state index contributed by atoms with van der Waals surface area (Å²) in [7, 11) is 4.03. The standard InChI is InChI=1S/C24H29Cl2N7O/c1-14-21(13-33(3)31-14)28-23-19(26)12-27-24(30-23)29-20-11-18(25)17(10-22(20)34-16-4-5-16)15-6-8-32(2)9-7-15/h10-13,15-16H,4-9H2,1-3H3,(H2,27,28,29,30). The number of nitrogens with zero attached hydrogens (tertiary/aromatic N) is 5. The third-order valence-corrected chi connectivity index (χ3v) is 6.94. The Bertz CT molecular complexity index is 1190. The lowest BCUT2D eigenvalue weighted by Crippen LogP contribution is -2.29. The fourth-order valence-electron chi connectivity index (χ4n) is 4.25. The maximum atomic E-state index is 6.78. The molecule has 1 aliphatic heterocycles. The third kappa shape index (κ3) is 5.24. The second-order valence-electron chi connectivity index (χ2n) is 9.21. The van der Waals surface area contributed by atoms with E-state index in [0.29, 0.717) is 22.7 Å². The van der Waals surface area contributed by atoms with Gasteiger partial charge in [-0.15, -0.1) is 0 Å². The predicted octanol–water partition coefficient (Wildman–Crippen LogP) is 5.66. The van der Waals surface area contributed by atoms with Crippen molar-refractivity contribution in [2.45, 2.75) is 44.6 Å². The van der Waals surface area contributed by atoms with E-state index in [1.54, 1.807) is 10.9 Å². The minimum atomic E-state index is 0.254. The van der Waals surface area contributed by atoms with Gasteiger partial charge < -0.3 is 20.3 Å². The maximum Gasteiger partial charge on any atom is 0.229 e. The highest BCUT2D eigenvalue weighted by atomic mass is 35.5. The normalized spacial score (nSPS) is 17.1. The number of nitrogens with one attached hydrogen (secondary N) is 2. The summed E-state index contributed by atoms with van der Waals surface area (Å²) >= 11 is 13.1. The molecule has 1 aromatic carbocycles. The zero-order valence-electron chi connectivity index (χ0n) is 19.6. The Labute approximate surface area is 209 Å². The molecule has 8 nitrogen and oxygen atoms in total. The van der Waals surface area contributed by atoms with Crippen LogP contribution in [0.25, 0.3) is 0 Å². The van der Waals surface area contributed by atoms with Gasteiger partial charge in [0.05, 0.1) is 29.4 Å². The van der Waals surface area contributed by atoms with Gasteiger partial charge in [0, 0.05) is 18.3 Å². The van der Waals surface area contributed by atoms with Gasteiger partial charge in [0.25, 0.3) is 0 Å². The van der Waals surface area contributed by atoms with Crippen molar-refractivity contribution in [3.63, 3.8) is 0 Å². The number of piperidine rings is 1. The van der Waals surface area contributed by atoms with E-state index < -0.39 is 0 Å². The van der Waals surface area contributed by atoms with Gasteiger partial charge in [-0.2, -0.15) is 10.1 Å². The van der Waals surface area contributed by atoms with Crippen LogP contribution in [0.2, 0.25) is 10.0 Å². The van der Waals surface area contributed by atoms with Crippen molar-refractivity contribution in [2.24, 2.45) is 7.05 Å². The van der Waals surface area contributed by atoms with E-state index in [2.05, 4.69) is 43.7 Å². The summed E-state index contributed by atoms with van der Waals surface area (Å²) in [5, 5.41) is 12.0. The molecule has 3 heterocycles. The summed E-state index contributed by atoms with van der Waals surface area (Å²) in [4.78, 5) is 11.3. The van der Waals surface area contributed by atoms with Gasteiger partial charge >= 0.3 is 0 Å². The van der Waals surface area contributed by atoms with Crippen LogP contribution in [-0.2, 0) is 7.05 Å². The molecular weight excluding hydrogens is 473 g/mol. The van der Waals surface area contributed by atoms with Crippen molar-refractivity contribution in [1.29, 1.82) is 0 Å². The number of rotatable bonds is 7. The molecule has 34 heavy (non-hydrogen) atoms. The summed E-state index contributed by atoms with van der Waals surface area (Å²) in [6, 6.07) is 4.04. The lowest BCUT2D eigenvalue weighted by molar-refractivity contribution is 0.254. The molecule has 10 heteroatoms. The molecule has 1 saturated heterocycles. The SMILES string of the molecule is Cc1nn(C)cc1Nc1nc(Nc2cc(Cl)c(C3CCN(C)CC3)cc2OC2CC2)ncc1Cl. The molecule has 1 saturated carbocycles. The van der Waals surface area contributed by atoms with Gasteiger partial charge in [-0.25, -0.2) is 4.98 Å². The first-order valence-corrected chi connectivity index (χ1v) is 12.4. The number of anilines is 4. The average Bonchev–Trinajstić information content (AvgIpc) is 3.56. The number of ether oxygens (including phenoxy) is 1. The van der Waals surface area contributed by atoms with E-state index in [0.717, 1.165) is 72.2 Å². The lowest BCUT2D eigenvalue weighted by Gasteiger charge is -2.30. The number of halogens is 2. The highest BCUT2D eigenvalue weighted by Gasteiger charge is 2.27. The molecule has 0 bridgehead atoms. The fraction of sp³-hybridized carbons (Fsp3) is 0.458. The molecule has 0 unspecified atom stereocenters. The Hall–Kier alpha value is -2.55. The number of hydrogen-bond donors (Lipinski definition) is 2. The molecule has 1 aliphatic carbocycles. The van der Waals surface area contributed by atoms with Crippen LogP contribution in [-0.4, -0.2) is 50.9 Å². The monoisotopic (exact) mass is 501 g/mol. The maximum absolute atomic E-state index is 6.78. The summed E-state index contributed by atoms with van der Waals surface area (Å²) in [5.41, 5.74) is 3.59. The topological polar surface area (TPSA) is 80.1 Å². The second kappa shape index (κ2) is 9.60. The molecule has 0 amide bonds. The van der Waals surface area contributed by atoms with E-state index in [1.807, 2.05) is 26.2 Å². The van der Waals surface area contributed by atoms with Crippen molar-refractivity contribution in [3.8, 4) is 5.75 Å². The van der Waals surface area contributed by atoms with E-state index in [9.17, 15) is 0 Å². The molecule has 2 aliphatic rings. The van der Waals surface area contributed by atoms with Crippen molar-refractivity contribution >= 4 is 46.3 Å². The predicted molar refractivity (Wildman–Crippen MR) is 136 cm³/mol. The largest absolute Gasteiger partial charge is 0.488 e. The Morgan fingerprint density at radius 2 is 1.76 bits per heavy atom. The summed E-state index contributed by atoms with van der Waals surface area (Å²) in [6.07, 6.45) is 8.03. The van der Waals surface area contributed by atoms with E-state index in [-0.39, 0.29) is 6.10 Å². The summed E-state index contributed by atoms with van der Waals surface area (Å²) in [5.74, 6) is 2.12. The van der Waals surface area contributed by atoms with Crippen molar-refractivity contribution < 1.29 is 4.74 Å². The molecule has 0 radical (unpaired) electrons. The highest BCUT2D eigenvalue weighted by Crippen LogP contribution is 2.41. The number of aryl methyl sites for hydroxylation is 2. The molecule has 2 N–H and O–H groups in total. The zero-order valence-corrected chi connectivity index (χ0v) is 21.1. The molecule has 3 aromatic rings. The van der Waals surface area contributed by atoms with Gasteiger partial charge in [-0.05, 0) is 76.4 Å². The van der Waals surface area contributed by atoms with Crippen LogP contribution in [0.1, 0.15) is 42.9 Å². The number of aromatic nitrogens is 4. The molecule has 2 aromatic heterocycles. The van der Waals surface area contributed by atoms with Crippen molar-refractivity contribution in [1.82, 2.24) is 24.6 Å². The first-order valence-electron chi connectivity index (χ1n) is 11.6. The zero-order chi connectivity index (χ0) is 23.8. The molecular formula is C24H29Cl2N7O. The van der Waals surface area contributed by atoms with Crippen LogP contribution in [0.15, 0.2) is 24.5 Å². The van der Waals surface area contributed by atoms with Crippen LogP contribution < -0.4 is 15.4 Å². The van der Waals surface area contributed by atoms with Gasteiger partial charge in [-0.1, -0.05) is 23.2 Å². The van der Waals surface area contributed by atoms with E-state index in [1.165, 1.54) is 0 Å². The Kier molecular flexibility index (Phi) is 6.55. The van der Waals surface area contributed by atoms with Gasteiger partial charge in [0.15, 0.2) is 5.82 Å². The molecule has 5 rings (SSSR count). The van der Waals surface area contributed by atoms with E-state index in [4.69, 9.17) is 27.9 Å². The number of benzene rings is 1. The second-order valence-corrected chi connectivity index (χ2v) is 10.0. The quantitative estimate of drug-likeness (QED) is 0.431. The number of hydrogen-bond acceptors (Lipinski definition) is 7. The van der Waals surface area contributed by atoms with Crippen LogP contribution in [0.4, 0.5) is 23.1 Å². The van der Waals surface area contributed by atoms with Crippen LogP contribution in [0, 0.1) is 6.92 Å². The van der Waals surface area contributed by atoms with Crippen LogP contribution >= 0.6 is 23.2 Å². The number of likely N-dealkylation sites (tertiary alicyclic amines) is 1. The molecule has 0 spiro atoms. The van der Waals surface area contributed by atoms with Crippen molar-refractivity contribution in [2.75, 3.05) is 30.8 Å². The van der Waals surface area contributed by atoms with Gasteiger partial charge in [0.2, 0.25) is 5.95 Å². The van der Waals surface area contributed by atoms with E-state index >= 15 is 0 Å². The first-order chi connectivity index (χ1) is 16.4.